The van der Waals surface area contributed by atoms with E-state index in [0.717, 1.165) is 18.6 Å². The molecule has 1 aromatic rings. The molecule has 0 amide bonds. The van der Waals surface area contributed by atoms with Crippen LogP contribution in [0.1, 0.15) is 37.8 Å². The molecule has 0 bridgehead atoms. The molecule has 2 atom stereocenters. The molecule has 3 nitrogen and oxygen atoms in total. The highest BCUT2D eigenvalue weighted by Crippen LogP contribution is 2.25. The van der Waals surface area contributed by atoms with Crippen LogP contribution in [0.3, 0.4) is 0 Å². The molecule has 2 N–H and O–H groups in total. The Kier molecular flexibility index (Phi) is 5.23. The first-order valence-electron chi connectivity index (χ1n) is 7.35. The average molecular weight is 263 g/mol. The SMILES string of the molecule is CCC(C)NCC(O)COc1ccc2c(c1)CCC2. The third kappa shape index (κ3) is 4.22. The number of hydrogen-bond donors (Lipinski definition) is 2. The molecule has 0 fully saturated rings. The van der Waals surface area contributed by atoms with Gasteiger partial charge in [0.2, 0.25) is 0 Å². The topological polar surface area (TPSA) is 41.5 Å². The average Bonchev–Trinajstić information content (AvgIpc) is 2.89. The molecular formula is C16H25NO2. The van der Waals surface area contributed by atoms with Gasteiger partial charge in [-0.25, -0.2) is 0 Å². The van der Waals surface area contributed by atoms with Gasteiger partial charge in [0, 0.05) is 12.6 Å². The second kappa shape index (κ2) is 6.92. The van der Waals surface area contributed by atoms with Crippen LogP contribution in [-0.4, -0.2) is 30.4 Å². The van der Waals surface area contributed by atoms with Gasteiger partial charge in [0.05, 0.1) is 0 Å². The van der Waals surface area contributed by atoms with Crippen molar-refractivity contribution in [1.29, 1.82) is 0 Å². The molecule has 0 saturated carbocycles. The Bertz CT molecular complexity index is 406. The largest absolute Gasteiger partial charge is 0.491 e. The molecule has 0 aliphatic heterocycles. The van der Waals surface area contributed by atoms with Crippen LogP contribution in [-0.2, 0) is 12.8 Å². The van der Waals surface area contributed by atoms with E-state index in [1.54, 1.807) is 0 Å². The Morgan fingerprint density at radius 2 is 2.11 bits per heavy atom. The maximum atomic E-state index is 9.86. The zero-order valence-corrected chi connectivity index (χ0v) is 12.0. The predicted molar refractivity (Wildman–Crippen MR) is 77.7 cm³/mol. The molecule has 2 rings (SSSR count). The maximum Gasteiger partial charge on any atom is 0.119 e. The molecule has 3 heteroatoms. The van der Waals surface area contributed by atoms with Crippen LogP contribution >= 0.6 is 0 Å². The lowest BCUT2D eigenvalue weighted by Crippen LogP contribution is -2.36. The zero-order chi connectivity index (χ0) is 13.7. The molecule has 0 aromatic heterocycles. The number of nitrogens with one attached hydrogen (secondary N) is 1. The number of aryl methyl sites for hydroxylation is 2. The fourth-order valence-corrected chi connectivity index (χ4v) is 2.37. The van der Waals surface area contributed by atoms with Crippen molar-refractivity contribution in [2.75, 3.05) is 13.2 Å². The van der Waals surface area contributed by atoms with E-state index in [-0.39, 0.29) is 0 Å². The summed E-state index contributed by atoms with van der Waals surface area (Å²) in [7, 11) is 0. The van der Waals surface area contributed by atoms with Crippen LogP contribution in [0.15, 0.2) is 18.2 Å². The third-order valence-electron chi connectivity index (χ3n) is 3.83. The predicted octanol–water partition coefficient (Wildman–Crippen LogP) is 2.30. The molecule has 1 aliphatic rings. The van der Waals surface area contributed by atoms with E-state index in [1.807, 2.05) is 6.07 Å². The van der Waals surface area contributed by atoms with E-state index in [2.05, 4.69) is 31.3 Å². The van der Waals surface area contributed by atoms with Gasteiger partial charge in [-0.05, 0) is 55.9 Å². The monoisotopic (exact) mass is 263 g/mol. The summed E-state index contributed by atoms with van der Waals surface area (Å²) in [6.07, 6.45) is 4.21. The number of aliphatic hydroxyl groups excluding tert-OH is 1. The van der Waals surface area contributed by atoms with Gasteiger partial charge in [-0.15, -0.1) is 0 Å². The van der Waals surface area contributed by atoms with E-state index in [1.165, 1.54) is 24.0 Å². The summed E-state index contributed by atoms with van der Waals surface area (Å²) in [6.45, 7) is 5.18. The van der Waals surface area contributed by atoms with E-state index in [0.29, 0.717) is 19.2 Å². The number of aliphatic hydroxyl groups is 1. The third-order valence-corrected chi connectivity index (χ3v) is 3.83. The van der Waals surface area contributed by atoms with Gasteiger partial charge >= 0.3 is 0 Å². The first kappa shape index (κ1) is 14.4. The van der Waals surface area contributed by atoms with Crippen LogP contribution < -0.4 is 10.1 Å². The Morgan fingerprint density at radius 1 is 1.32 bits per heavy atom. The van der Waals surface area contributed by atoms with Crippen molar-refractivity contribution in [3.63, 3.8) is 0 Å². The second-order valence-corrected chi connectivity index (χ2v) is 5.47. The van der Waals surface area contributed by atoms with Gasteiger partial charge in [-0.2, -0.15) is 0 Å². The van der Waals surface area contributed by atoms with Crippen LogP contribution in [0.2, 0.25) is 0 Å². The summed E-state index contributed by atoms with van der Waals surface area (Å²) < 4.78 is 5.67. The molecule has 19 heavy (non-hydrogen) atoms. The molecule has 0 saturated heterocycles. The van der Waals surface area contributed by atoms with E-state index in [9.17, 15) is 5.11 Å². The minimum atomic E-state index is -0.456. The molecule has 2 unspecified atom stereocenters. The molecule has 106 valence electrons. The Labute approximate surface area is 116 Å². The van der Waals surface area contributed by atoms with E-state index >= 15 is 0 Å². The van der Waals surface area contributed by atoms with Gasteiger partial charge in [0.15, 0.2) is 0 Å². The van der Waals surface area contributed by atoms with Crippen molar-refractivity contribution in [2.45, 2.75) is 51.7 Å². The van der Waals surface area contributed by atoms with Gasteiger partial charge in [0.25, 0.3) is 0 Å². The summed E-state index contributed by atoms with van der Waals surface area (Å²) in [6, 6.07) is 6.73. The lowest BCUT2D eigenvalue weighted by atomic mass is 10.1. The number of rotatable bonds is 7. The summed E-state index contributed by atoms with van der Waals surface area (Å²) in [5, 5.41) is 13.1. The molecular weight excluding hydrogens is 238 g/mol. The summed E-state index contributed by atoms with van der Waals surface area (Å²) in [5.74, 6) is 0.878. The lowest BCUT2D eigenvalue weighted by Gasteiger charge is -2.16. The summed E-state index contributed by atoms with van der Waals surface area (Å²) in [4.78, 5) is 0. The number of fused-ring (bicyclic) bond motifs is 1. The Hall–Kier alpha value is -1.06. The smallest absolute Gasteiger partial charge is 0.119 e. The van der Waals surface area contributed by atoms with Crippen LogP contribution in [0.25, 0.3) is 0 Å². The highest BCUT2D eigenvalue weighted by molar-refractivity contribution is 5.38. The van der Waals surface area contributed by atoms with Crippen molar-refractivity contribution < 1.29 is 9.84 Å². The first-order chi connectivity index (χ1) is 9.19. The first-order valence-corrected chi connectivity index (χ1v) is 7.35. The Balaban J connectivity index is 1.75. The maximum absolute atomic E-state index is 9.86. The molecule has 0 heterocycles. The van der Waals surface area contributed by atoms with Crippen molar-refractivity contribution in [3.05, 3.63) is 29.3 Å². The van der Waals surface area contributed by atoms with Crippen molar-refractivity contribution in [3.8, 4) is 5.75 Å². The summed E-state index contributed by atoms with van der Waals surface area (Å²) in [5.41, 5.74) is 2.86. The van der Waals surface area contributed by atoms with E-state index < -0.39 is 6.10 Å². The molecule has 1 aromatic carbocycles. The highest BCUT2D eigenvalue weighted by atomic mass is 16.5. The van der Waals surface area contributed by atoms with Gasteiger partial charge < -0.3 is 15.2 Å². The fraction of sp³-hybridized carbons (Fsp3) is 0.625. The quantitative estimate of drug-likeness (QED) is 0.793. The van der Waals surface area contributed by atoms with Gasteiger partial charge in [0.1, 0.15) is 18.5 Å². The van der Waals surface area contributed by atoms with Crippen LogP contribution in [0.5, 0.6) is 5.75 Å². The van der Waals surface area contributed by atoms with Crippen LogP contribution in [0, 0.1) is 0 Å². The zero-order valence-electron chi connectivity index (χ0n) is 12.0. The highest BCUT2D eigenvalue weighted by Gasteiger charge is 2.12. The second-order valence-electron chi connectivity index (χ2n) is 5.47. The number of hydrogen-bond acceptors (Lipinski definition) is 3. The minimum Gasteiger partial charge on any atom is -0.491 e. The van der Waals surface area contributed by atoms with E-state index in [4.69, 9.17) is 4.74 Å². The lowest BCUT2D eigenvalue weighted by molar-refractivity contribution is 0.104. The minimum absolute atomic E-state index is 0.349. The van der Waals surface area contributed by atoms with Crippen molar-refractivity contribution in [1.82, 2.24) is 5.32 Å². The fourth-order valence-electron chi connectivity index (χ4n) is 2.37. The number of ether oxygens (including phenoxy) is 1. The molecule has 0 radical (unpaired) electrons. The van der Waals surface area contributed by atoms with Crippen LogP contribution in [0.4, 0.5) is 0 Å². The Morgan fingerprint density at radius 3 is 2.89 bits per heavy atom. The van der Waals surface area contributed by atoms with Gasteiger partial charge in [-0.3, -0.25) is 0 Å². The summed E-state index contributed by atoms with van der Waals surface area (Å²) >= 11 is 0. The molecule has 0 spiro atoms. The van der Waals surface area contributed by atoms with Crippen molar-refractivity contribution in [2.24, 2.45) is 0 Å². The standard InChI is InChI=1S/C16H25NO2/c1-3-12(2)17-10-15(18)11-19-16-8-7-13-5-4-6-14(13)9-16/h7-9,12,15,17-18H,3-6,10-11H2,1-2H3. The van der Waals surface area contributed by atoms with Gasteiger partial charge in [-0.1, -0.05) is 13.0 Å². The number of benzene rings is 1. The normalized spacial score (nSPS) is 17.0. The molecule has 1 aliphatic carbocycles. The van der Waals surface area contributed by atoms with Crippen molar-refractivity contribution >= 4 is 0 Å².